The van der Waals surface area contributed by atoms with Crippen LogP contribution < -0.4 is 0 Å². The second-order valence-corrected chi connectivity index (χ2v) is 4.70. The van der Waals surface area contributed by atoms with Crippen molar-refractivity contribution in [2.24, 2.45) is 5.10 Å². The lowest BCUT2D eigenvalue weighted by atomic mass is 10.2. The van der Waals surface area contributed by atoms with Crippen LogP contribution in [0.4, 0.5) is 5.69 Å². The second-order valence-electron chi connectivity index (χ2n) is 4.70. The first-order valence-electron chi connectivity index (χ1n) is 6.52. The summed E-state index contributed by atoms with van der Waals surface area (Å²) in [6.45, 7) is 1.81. The SMILES string of the molecule is Cc1nc2ccccc2n1/N=C\c1cc([N+](=O)[O-])ccc1O. The Hall–Kier alpha value is -3.22. The molecule has 0 fully saturated rings. The summed E-state index contributed by atoms with van der Waals surface area (Å²) in [5.41, 5.74) is 1.79. The maximum absolute atomic E-state index is 10.8. The van der Waals surface area contributed by atoms with E-state index >= 15 is 0 Å². The topological polar surface area (TPSA) is 93.5 Å². The number of non-ortho nitro benzene ring substituents is 1. The van der Waals surface area contributed by atoms with Crippen molar-refractivity contribution in [3.63, 3.8) is 0 Å². The van der Waals surface area contributed by atoms with Gasteiger partial charge in [-0.1, -0.05) is 12.1 Å². The zero-order chi connectivity index (χ0) is 15.7. The summed E-state index contributed by atoms with van der Waals surface area (Å²) in [5.74, 6) is 0.610. The van der Waals surface area contributed by atoms with E-state index in [4.69, 9.17) is 0 Å². The van der Waals surface area contributed by atoms with Crippen LogP contribution in [0.5, 0.6) is 5.75 Å². The Kier molecular flexibility index (Phi) is 3.30. The van der Waals surface area contributed by atoms with Crippen LogP contribution in [0.15, 0.2) is 47.6 Å². The first-order chi connectivity index (χ1) is 10.6. The molecular formula is C15H12N4O3. The Labute approximate surface area is 125 Å². The predicted octanol–water partition coefficient (Wildman–Crippen LogP) is 2.84. The minimum Gasteiger partial charge on any atom is -0.507 e. The highest BCUT2D eigenvalue weighted by atomic mass is 16.6. The number of fused-ring (bicyclic) bond motifs is 1. The molecule has 3 rings (SSSR count). The quantitative estimate of drug-likeness (QED) is 0.457. The molecule has 0 spiro atoms. The highest BCUT2D eigenvalue weighted by Gasteiger charge is 2.09. The molecule has 3 aromatic rings. The maximum Gasteiger partial charge on any atom is 0.270 e. The third-order valence-electron chi connectivity index (χ3n) is 3.23. The van der Waals surface area contributed by atoms with Crippen LogP contribution >= 0.6 is 0 Å². The van der Waals surface area contributed by atoms with Gasteiger partial charge in [-0.05, 0) is 25.1 Å². The molecule has 0 amide bonds. The van der Waals surface area contributed by atoms with Gasteiger partial charge in [0.15, 0.2) is 0 Å². The number of nitro groups is 1. The van der Waals surface area contributed by atoms with E-state index < -0.39 is 4.92 Å². The van der Waals surface area contributed by atoms with Gasteiger partial charge in [-0.2, -0.15) is 5.10 Å². The fourth-order valence-corrected chi connectivity index (χ4v) is 2.16. The summed E-state index contributed by atoms with van der Waals surface area (Å²) >= 11 is 0. The molecule has 0 aliphatic rings. The molecular weight excluding hydrogens is 284 g/mol. The minimum atomic E-state index is -0.519. The molecule has 110 valence electrons. The van der Waals surface area contributed by atoms with Gasteiger partial charge in [0.25, 0.3) is 5.69 Å². The number of aromatic nitrogens is 2. The van der Waals surface area contributed by atoms with E-state index in [0.717, 1.165) is 11.0 Å². The number of imidazole rings is 1. The van der Waals surface area contributed by atoms with Gasteiger partial charge in [-0.3, -0.25) is 10.1 Å². The summed E-state index contributed by atoms with van der Waals surface area (Å²) in [4.78, 5) is 14.6. The Balaban J connectivity index is 2.05. The molecule has 0 aliphatic carbocycles. The zero-order valence-electron chi connectivity index (χ0n) is 11.7. The molecule has 0 bridgehead atoms. The molecule has 0 saturated carbocycles. The lowest BCUT2D eigenvalue weighted by molar-refractivity contribution is -0.384. The highest BCUT2D eigenvalue weighted by Crippen LogP contribution is 2.22. The van der Waals surface area contributed by atoms with E-state index in [-0.39, 0.29) is 17.0 Å². The number of hydrogen-bond acceptors (Lipinski definition) is 5. The van der Waals surface area contributed by atoms with E-state index in [1.807, 2.05) is 31.2 Å². The number of rotatable bonds is 3. The van der Waals surface area contributed by atoms with E-state index in [0.29, 0.717) is 5.82 Å². The largest absolute Gasteiger partial charge is 0.507 e. The van der Waals surface area contributed by atoms with Crippen molar-refractivity contribution in [1.82, 2.24) is 9.66 Å². The van der Waals surface area contributed by atoms with Crippen LogP contribution in [0.1, 0.15) is 11.4 Å². The van der Waals surface area contributed by atoms with Gasteiger partial charge in [-0.25, -0.2) is 9.66 Å². The number of para-hydroxylation sites is 2. The first-order valence-corrected chi connectivity index (χ1v) is 6.52. The van der Waals surface area contributed by atoms with Crippen molar-refractivity contribution >= 4 is 22.9 Å². The van der Waals surface area contributed by atoms with Crippen molar-refractivity contribution < 1.29 is 10.0 Å². The lowest BCUT2D eigenvalue weighted by Crippen LogP contribution is -1.95. The molecule has 0 unspecified atom stereocenters. The van der Waals surface area contributed by atoms with Crippen molar-refractivity contribution in [2.75, 3.05) is 0 Å². The number of nitro benzene ring substituents is 1. The van der Waals surface area contributed by atoms with Gasteiger partial charge in [0.2, 0.25) is 0 Å². The fourth-order valence-electron chi connectivity index (χ4n) is 2.16. The third-order valence-corrected chi connectivity index (χ3v) is 3.23. The van der Waals surface area contributed by atoms with Crippen LogP contribution in [0.3, 0.4) is 0 Å². The van der Waals surface area contributed by atoms with Crippen LogP contribution in [0, 0.1) is 17.0 Å². The number of aromatic hydroxyl groups is 1. The Morgan fingerprint density at radius 3 is 2.86 bits per heavy atom. The van der Waals surface area contributed by atoms with E-state index in [2.05, 4.69) is 10.1 Å². The zero-order valence-corrected chi connectivity index (χ0v) is 11.7. The van der Waals surface area contributed by atoms with Gasteiger partial charge >= 0.3 is 0 Å². The molecule has 0 aliphatic heterocycles. The van der Waals surface area contributed by atoms with Crippen molar-refractivity contribution in [3.05, 3.63) is 64.0 Å². The van der Waals surface area contributed by atoms with Crippen LogP contribution in [-0.2, 0) is 0 Å². The third kappa shape index (κ3) is 2.39. The number of hydrogen-bond donors (Lipinski definition) is 1. The van der Waals surface area contributed by atoms with Gasteiger partial charge in [-0.15, -0.1) is 0 Å². The number of phenolic OH excluding ortho intramolecular Hbond substituents is 1. The molecule has 22 heavy (non-hydrogen) atoms. The Bertz CT molecular complexity index is 899. The van der Waals surface area contributed by atoms with Crippen molar-refractivity contribution in [1.29, 1.82) is 0 Å². The monoisotopic (exact) mass is 296 g/mol. The standard InChI is InChI=1S/C15H12N4O3/c1-10-17-13-4-2-3-5-14(13)18(10)16-9-11-8-12(19(21)22)6-7-15(11)20/h2-9,20H,1H3/b16-9-. The second kappa shape index (κ2) is 5.28. The highest BCUT2D eigenvalue weighted by molar-refractivity contribution is 5.85. The fraction of sp³-hybridized carbons (Fsp3) is 0.0667. The number of phenols is 1. The average Bonchev–Trinajstić information content (AvgIpc) is 2.81. The first kappa shape index (κ1) is 13.7. The van der Waals surface area contributed by atoms with Crippen LogP contribution in [0.25, 0.3) is 11.0 Å². The van der Waals surface area contributed by atoms with Crippen LogP contribution in [0.2, 0.25) is 0 Å². The average molecular weight is 296 g/mol. The summed E-state index contributed by atoms with van der Waals surface area (Å²) in [6.07, 6.45) is 1.38. The van der Waals surface area contributed by atoms with Crippen molar-refractivity contribution in [2.45, 2.75) is 6.92 Å². The van der Waals surface area contributed by atoms with E-state index in [1.165, 1.54) is 24.4 Å². The van der Waals surface area contributed by atoms with Gasteiger partial charge in [0.1, 0.15) is 11.6 Å². The smallest absolute Gasteiger partial charge is 0.270 e. The molecule has 2 aromatic carbocycles. The van der Waals surface area contributed by atoms with Gasteiger partial charge in [0, 0.05) is 17.7 Å². The van der Waals surface area contributed by atoms with Gasteiger partial charge < -0.3 is 5.11 Å². The molecule has 0 radical (unpaired) electrons. The van der Waals surface area contributed by atoms with Crippen LogP contribution in [-0.4, -0.2) is 25.9 Å². The molecule has 1 heterocycles. The maximum atomic E-state index is 10.8. The molecule has 1 aromatic heterocycles. The normalized spacial score (nSPS) is 11.3. The van der Waals surface area contributed by atoms with E-state index in [9.17, 15) is 15.2 Å². The molecule has 7 nitrogen and oxygen atoms in total. The summed E-state index contributed by atoms with van der Waals surface area (Å²) < 4.78 is 1.62. The Morgan fingerprint density at radius 2 is 2.09 bits per heavy atom. The van der Waals surface area contributed by atoms with Gasteiger partial charge in [0.05, 0.1) is 22.2 Å². The molecule has 0 saturated heterocycles. The summed E-state index contributed by atoms with van der Waals surface area (Å²) in [7, 11) is 0. The number of nitrogens with zero attached hydrogens (tertiary/aromatic N) is 4. The number of aryl methyl sites for hydroxylation is 1. The molecule has 7 heteroatoms. The lowest BCUT2D eigenvalue weighted by Gasteiger charge is -2.01. The Morgan fingerprint density at radius 1 is 1.32 bits per heavy atom. The van der Waals surface area contributed by atoms with E-state index in [1.54, 1.807) is 4.68 Å². The molecule has 0 atom stereocenters. The minimum absolute atomic E-state index is 0.0728. The predicted molar refractivity (Wildman–Crippen MR) is 82.2 cm³/mol. The number of benzene rings is 2. The summed E-state index contributed by atoms with van der Waals surface area (Å²) in [6, 6.07) is 11.3. The molecule has 1 N–H and O–H groups in total. The van der Waals surface area contributed by atoms with Crippen molar-refractivity contribution in [3.8, 4) is 5.75 Å². The summed E-state index contributed by atoms with van der Waals surface area (Å²) in [5, 5.41) is 24.9.